The summed E-state index contributed by atoms with van der Waals surface area (Å²) in [5.74, 6) is 1.44. The number of nitrogens with zero attached hydrogens (tertiary/aromatic N) is 7. The molecule has 3 aromatic heterocycles. The average Bonchev–Trinajstić information content (AvgIpc) is 3.15. The van der Waals surface area contributed by atoms with Crippen molar-refractivity contribution in [1.29, 1.82) is 0 Å². The molecule has 1 aromatic carbocycles. The van der Waals surface area contributed by atoms with Crippen molar-refractivity contribution in [3.63, 3.8) is 0 Å². The third kappa shape index (κ3) is 2.26. The van der Waals surface area contributed by atoms with Crippen molar-refractivity contribution in [1.82, 2.24) is 34.7 Å². The van der Waals surface area contributed by atoms with Gasteiger partial charge in [0.2, 0.25) is 5.82 Å². The van der Waals surface area contributed by atoms with Gasteiger partial charge in [-0.2, -0.15) is 4.80 Å². The second-order valence-corrected chi connectivity index (χ2v) is 5.52. The number of fused-ring (bicyclic) bond motifs is 1. The molecule has 0 aliphatic heterocycles. The number of rotatable bonds is 2. The maximum Gasteiger partial charge on any atom is 0.204 e. The van der Waals surface area contributed by atoms with Gasteiger partial charge in [-0.25, -0.2) is 9.97 Å². The van der Waals surface area contributed by atoms with Crippen molar-refractivity contribution in [3.8, 4) is 22.9 Å². The quantitative estimate of drug-likeness (QED) is 0.567. The van der Waals surface area contributed by atoms with Crippen molar-refractivity contribution in [3.05, 3.63) is 42.2 Å². The van der Waals surface area contributed by atoms with Gasteiger partial charge in [0.1, 0.15) is 5.69 Å². The first-order valence-electron chi connectivity index (χ1n) is 7.25. The molecular formula is C16H15N7. The van der Waals surface area contributed by atoms with Crippen LogP contribution in [-0.2, 0) is 14.1 Å². The summed E-state index contributed by atoms with van der Waals surface area (Å²) in [6.45, 7) is 2.08. The van der Waals surface area contributed by atoms with Crippen molar-refractivity contribution in [2.75, 3.05) is 0 Å². The van der Waals surface area contributed by atoms with Gasteiger partial charge in [0.15, 0.2) is 5.82 Å². The monoisotopic (exact) mass is 305 g/mol. The maximum absolute atomic E-state index is 4.77. The highest BCUT2D eigenvalue weighted by atomic mass is 15.6. The predicted octanol–water partition coefficient (Wildman–Crippen LogP) is 2.13. The summed E-state index contributed by atoms with van der Waals surface area (Å²) in [5, 5.41) is 13.3. The van der Waals surface area contributed by atoms with E-state index in [0.29, 0.717) is 5.82 Å². The van der Waals surface area contributed by atoms with Crippen LogP contribution >= 0.6 is 0 Å². The normalized spacial score (nSPS) is 11.3. The maximum atomic E-state index is 4.77. The molecule has 0 atom stereocenters. The van der Waals surface area contributed by atoms with E-state index in [-0.39, 0.29) is 0 Å². The molecule has 0 unspecified atom stereocenters. The Morgan fingerprint density at radius 3 is 2.65 bits per heavy atom. The molecule has 4 rings (SSSR count). The van der Waals surface area contributed by atoms with Gasteiger partial charge < -0.3 is 4.57 Å². The lowest BCUT2D eigenvalue weighted by molar-refractivity contribution is 0.630. The first-order valence-corrected chi connectivity index (χ1v) is 7.25. The Labute approximate surface area is 132 Å². The van der Waals surface area contributed by atoms with Crippen molar-refractivity contribution >= 4 is 10.9 Å². The minimum absolute atomic E-state index is 0.594. The third-order valence-electron chi connectivity index (χ3n) is 3.83. The number of aromatic nitrogens is 7. The third-order valence-corrected chi connectivity index (χ3v) is 3.83. The molecule has 0 bridgehead atoms. The summed E-state index contributed by atoms with van der Waals surface area (Å²) in [5.41, 5.74) is 3.81. The van der Waals surface area contributed by atoms with E-state index in [4.69, 9.17) is 4.98 Å². The van der Waals surface area contributed by atoms with Crippen molar-refractivity contribution in [2.24, 2.45) is 14.1 Å². The smallest absolute Gasteiger partial charge is 0.204 e. The number of hydrogen-bond donors (Lipinski definition) is 0. The lowest BCUT2D eigenvalue weighted by Gasteiger charge is -2.07. The molecule has 0 aliphatic carbocycles. The molecule has 0 fully saturated rings. The number of tetrazole rings is 1. The van der Waals surface area contributed by atoms with Crippen LogP contribution in [0, 0.1) is 6.92 Å². The van der Waals surface area contributed by atoms with Crippen LogP contribution in [0.15, 0.2) is 36.7 Å². The molecular weight excluding hydrogens is 290 g/mol. The van der Waals surface area contributed by atoms with E-state index in [1.807, 2.05) is 36.0 Å². The fourth-order valence-electron chi connectivity index (χ4n) is 2.67. The molecule has 7 nitrogen and oxygen atoms in total. The summed E-state index contributed by atoms with van der Waals surface area (Å²) in [4.78, 5) is 10.6. The Morgan fingerprint density at radius 1 is 1.09 bits per heavy atom. The Morgan fingerprint density at radius 2 is 1.96 bits per heavy atom. The Bertz CT molecular complexity index is 1010. The van der Waals surface area contributed by atoms with Crippen molar-refractivity contribution in [2.45, 2.75) is 6.92 Å². The summed E-state index contributed by atoms with van der Waals surface area (Å²) in [6.07, 6.45) is 3.69. The molecule has 23 heavy (non-hydrogen) atoms. The second-order valence-electron chi connectivity index (χ2n) is 5.52. The zero-order chi connectivity index (χ0) is 16.0. The summed E-state index contributed by atoms with van der Waals surface area (Å²) < 4.78 is 1.96. The van der Waals surface area contributed by atoms with Crippen LogP contribution < -0.4 is 0 Å². The Hall–Kier alpha value is -3.09. The standard InChI is InChI=1S/C16H15N7/c1-10-8-14(16-17-6-7-22(16)2)18-13-9-11(4-5-12(10)13)15-19-21-23(3)20-15/h4-9H,1-3H3. The Balaban J connectivity index is 1.91. The molecule has 0 spiro atoms. The average molecular weight is 305 g/mol. The van der Waals surface area contributed by atoms with E-state index >= 15 is 0 Å². The van der Waals surface area contributed by atoms with Gasteiger partial charge in [-0.05, 0) is 29.8 Å². The number of pyridine rings is 1. The molecule has 0 radical (unpaired) electrons. The highest BCUT2D eigenvalue weighted by Crippen LogP contribution is 2.26. The minimum atomic E-state index is 0.594. The first kappa shape index (κ1) is 13.6. The van der Waals surface area contributed by atoms with E-state index in [1.54, 1.807) is 13.2 Å². The van der Waals surface area contributed by atoms with Crippen LogP contribution in [-0.4, -0.2) is 34.7 Å². The van der Waals surface area contributed by atoms with E-state index in [2.05, 4.69) is 33.4 Å². The van der Waals surface area contributed by atoms with Crippen LogP contribution in [0.1, 0.15) is 5.56 Å². The molecule has 7 heteroatoms. The molecule has 0 saturated carbocycles. The van der Waals surface area contributed by atoms with Crippen LogP contribution in [0.2, 0.25) is 0 Å². The molecule has 114 valence electrons. The lowest BCUT2D eigenvalue weighted by Crippen LogP contribution is -1.96. The lowest BCUT2D eigenvalue weighted by atomic mass is 10.1. The molecule has 0 saturated heterocycles. The number of aryl methyl sites for hydroxylation is 3. The largest absolute Gasteiger partial charge is 0.333 e. The Kier molecular flexibility index (Phi) is 2.94. The van der Waals surface area contributed by atoms with Crippen LogP contribution in [0.4, 0.5) is 0 Å². The number of hydrogen-bond acceptors (Lipinski definition) is 5. The fraction of sp³-hybridized carbons (Fsp3) is 0.188. The van der Waals surface area contributed by atoms with E-state index in [0.717, 1.165) is 33.5 Å². The molecule has 0 N–H and O–H groups in total. The summed E-state index contributed by atoms with van der Waals surface area (Å²) in [6, 6.07) is 8.09. The second kappa shape index (κ2) is 4.98. The predicted molar refractivity (Wildman–Crippen MR) is 86.5 cm³/mol. The van der Waals surface area contributed by atoms with Crippen LogP contribution in [0.25, 0.3) is 33.8 Å². The fourth-order valence-corrected chi connectivity index (χ4v) is 2.67. The molecule has 3 heterocycles. The minimum Gasteiger partial charge on any atom is -0.333 e. The zero-order valence-electron chi connectivity index (χ0n) is 13.1. The summed E-state index contributed by atoms with van der Waals surface area (Å²) >= 11 is 0. The van der Waals surface area contributed by atoms with Gasteiger partial charge in [0.05, 0.1) is 12.6 Å². The van der Waals surface area contributed by atoms with Crippen LogP contribution in [0.5, 0.6) is 0 Å². The van der Waals surface area contributed by atoms with Gasteiger partial charge in [0, 0.05) is 30.4 Å². The number of benzene rings is 1. The van der Waals surface area contributed by atoms with E-state index < -0.39 is 0 Å². The van der Waals surface area contributed by atoms with Gasteiger partial charge in [0.25, 0.3) is 0 Å². The highest BCUT2D eigenvalue weighted by molar-refractivity contribution is 5.87. The van der Waals surface area contributed by atoms with Gasteiger partial charge >= 0.3 is 0 Å². The number of imidazole rings is 1. The molecule has 4 aromatic rings. The van der Waals surface area contributed by atoms with Gasteiger partial charge in [-0.15, -0.1) is 10.2 Å². The highest BCUT2D eigenvalue weighted by Gasteiger charge is 2.11. The zero-order valence-corrected chi connectivity index (χ0v) is 13.1. The SMILES string of the molecule is Cc1cc(-c2nccn2C)nc2cc(-c3nnn(C)n3)ccc12. The summed E-state index contributed by atoms with van der Waals surface area (Å²) in [7, 11) is 3.71. The first-order chi connectivity index (χ1) is 11.1. The van der Waals surface area contributed by atoms with E-state index in [9.17, 15) is 0 Å². The van der Waals surface area contributed by atoms with Gasteiger partial charge in [-0.3, -0.25) is 0 Å². The van der Waals surface area contributed by atoms with Crippen LogP contribution in [0.3, 0.4) is 0 Å². The van der Waals surface area contributed by atoms with Gasteiger partial charge in [-0.1, -0.05) is 12.1 Å². The van der Waals surface area contributed by atoms with E-state index in [1.165, 1.54) is 4.80 Å². The van der Waals surface area contributed by atoms with Crippen molar-refractivity contribution < 1.29 is 0 Å². The topological polar surface area (TPSA) is 74.3 Å². The molecule has 0 aliphatic rings. The molecule has 0 amide bonds.